The number of carbonyl (C=O) groups excluding carboxylic acids is 2. The number of urea groups is 1. The highest BCUT2D eigenvalue weighted by atomic mass is 32.1. The zero-order valence-corrected chi connectivity index (χ0v) is 17.0. The second-order valence-corrected chi connectivity index (χ2v) is 8.62. The summed E-state index contributed by atoms with van der Waals surface area (Å²) in [6, 6.07) is 4.87. The third-order valence-corrected chi connectivity index (χ3v) is 6.04. The third-order valence-electron chi connectivity index (χ3n) is 5.08. The summed E-state index contributed by atoms with van der Waals surface area (Å²) >= 11 is 1.58. The van der Waals surface area contributed by atoms with Crippen molar-refractivity contribution in [3.63, 3.8) is 0 Å². The summed E-state index contributed by atoms with van der Waals surface area (Å²) in [4.78, 5) is 31.5. The molecule has 28 heavy (non-hydrogen) atoms. The molecule has 1 unspecified atom stereocenters. The summed E-state index contributed by atoms with van der Waals surface area (Å²) in [6.07, 6.45) is 1.98. The van der Waals surface area contributed by atoms with Crippen LogP contribution in [0.1, 0.15) is 43.5 Å². The van der Waals surface area contributed by atoms with Crippen molar-refractivity contribution in [2.75, 3.05) is 6.79 Å². The average Bonchev–Trinajstić information content (AvgIpc) is 3.35. The monoisotopic (exact) mass is 401 g/mol. The summed E-state index contributed by atoms with van der Waals surface area (Å²) in [6.45, 7) is 6.39. The fraction of sp³-hybridized carbons (Fsp3) is 0.450. The number of nitrogens with zero attached hydrogens (tertiary/aromatic N) is 2. The lowest BCUT2D eigenvalue weighted by atomic mass is 9.91. The van der Waals surface area contributed by atoms with Crippen LogP contribution in [0.15, 0.2) is 23.6 Å². The van der Waals surface area contributed by atoms with Crippen LogP contribution in [-0.2, 0) is 23.3 Å². The number of thiazole rings is 1. The standard InChI is InChI=1S/C20H23N3O4S/c1-12(2)4-7-17-21-14(10-28-17)9-23-18(24)20(3,22-19(23)25)13-5-6-15-16(8-13)27-11-26-15/h5-6,8,10,12H,4,7,9,11H2,1-3H3,(H,22,25). The van der Waals surface area contributed by atoms with E-state index in [-0.39, 0.29) is 19.2 Å². The number of imide groups is 1. The number of nitrogens with one attached hydrogen (secondary N) is 1. The molecule has 4 rings (SSSR count). The van der Waals surface area contributed by atoms with Gasteiger partial charge < -0.3 is 14.8 Å². The van der Waals surface area contributed by atoms with E-state index in [1.165, 1.54) is 4.90 Å². The molecule has 1 saturated heterocycles. The number of aromatic nitrogens is 1. The molecule has 2 aromatic rings. The molecule has 1 N–H and O–H groups in total. The predicted molar refractivity (Wildman–Crippen MR) is 104 cm³/mol. The molecule has 2 aliphatic rings. The Kier molecular flexibility index (Phi) is 4.74. The number of benzene rings is 1. The average molecular weight is 401 g/mol. The van der Waals surface area contributed by atoms with Gasteiger partial charge in [-0.05, 0) is 43.4 Å². The van der Waals surface area contributed by atoms with Crippen LogP contribution >= 0.6 is 11.3 Å². The molecule has 0 spiro atoms. The Morgan fingerprint density at radius 1 is 1.29 bits per heavy atom. The van der Waals surface area contributed by atoms with E-state index < -0.39 is 11.6 Å². The van der Waals surface area contributed by atoms with Crippen molar-refractivity contribution in [3.8, 4) is 11.5 Å². The molecule has 0 saturated carbocycles. The molecule has 0 aliphatic carbocycles. The lowest BCUT2D eigenvalue weighted by Crippen LogP contribution is -2.40. The summed E-state index contributed by atoms with van der Waals surface area (Å²) in [7, 11) is 0. The second-order valence-electron chi connectivity index (χ2n) is 7.68. The van der Waals surface area contributed by atoms with Crippen LogP contribution in [0.2, 0.25) is 0 Å². The molecule has 1 fully saturated rings. The number of carbonyl (C=O) groups is 2. The smallest absolute Gasteiger partial charge is 0.325 e. The molecule has 148 valence electrons. The molecule has 3 heterocycles. The SMILES string of the molecule is CC(C)CCc1nc(CN2C(=O)NC(C)(c3ccc4c(c3)OCO4)C2=O)cs1. The highest BCUT2D eigenvalue weighted by Crippen LogP contribution is 2.38. The third kappa shape index (κ3) is 3.32. The maximum absolute atomic E-state index is 13.1. The van der Waals surface area contributed by atoms with Gasteiger partial charge in [-0.15, -0.1) is 11.3 Å². The number of aryl methyl sites for hydroxylation is 1. The molecular formula is C20H23N3O4S. The van der Waals surface area contributed by atoms with Crippen LogP contribution in [0, 0.1) is 5.92 Å². The Balaban J connectivity index is 1.51. The normalized spacial score (nSPS) is 20.9. The lowest BCUT2D eigenvalue weighted by molar-refractivity contribution is -0.131. The van der Waals surface area contributed by atoms with E-state index in [1.807, 2.05) is 5.38 Å². The van der Waals surface area contributed by atoms with Crippen LogP contribution in [0.5, 0.6) is 11.5 Å². The van der Waals surface area contributed by atoms with Gasteiger partial charge in [-0.3, -0.25) is 9.69 Å². The van der Waals surface area contributed by atoms with Gasteiger partial charge in [0.05, 0.1) is 17.2 Å². The number of rotatable bonds is 6. The Morgan fingerprint density at radius 2 is 2.07 bits per heavy atom. The van der Waals surface area contributed by atoms with E-state index in [0.717, 1.165) is 23.5 Å². The first-order chi connectivity index (χ1) is 13.4. The number of hydrogen-bond acceptors (Lipinski definition) is 6. The van der Waals surface area contributed by atoms with Crippen molar-refractivity contribution in [3.05, 3.63) is 39.8 Å². The van der Waals surface area contributed by atoms with Gasteiger partial charge in [0, 0.05) is 5.38 Å². The summed E-state index contributed by atoms with van der Waals surface area (Å²) in [5, 5.41) is 5.78. The fourth-order valence-corrected chi connectivity index (χ4v) is 4.16. The van der Waals surface area contributed by atoms with Gasteiger partial charge in [-0.1, -0.05) is 19.9 Å². The Labute approximate surface area is 167 Å². The van der Waals surface area contributed by atoms with Crippen molar-refractivity contribution in [2.45, 2.75) is 45.7 Å². The highest BCUT2D eigenvalue weighted by molar-refractivity contribution is 7.09. The highest BCUT2D eigenvalue weighted by Gasteiger charge is 2.49. The van der Waals surface area contributed by atoms with E-state index >= 15 is 0 Å². The summed E-state index contributed by atoms with van der Waals surface area (Å²) < 4.78 is 10.7. The van der Waals surface area contributed by atoms with Crippen LogP contribution in [0.4, 0.5) is 4.79 Å². The molecule has 0 bridgehead atoms. The number of amides is 3. The molecule has 1 aromatic carbocycles. The van der Waals surface area contributed by atoms with E-state index in [2.05, 4.69) is 24.1 Å². The Bertz CT molecular complexity index is 926. The number of fused-ring (bicyclic) bond motifs is 1. The zero-order valence-electron chi connectivity index (χ0n) is 16.2. The van der Waals surface area contributed by atoms with Gasteiger partial charge >= 0.3 is 6.03 Å². The Hall–Kier alpha value is -2.61. The molecule has 2 aliphatic heterocycles. The van der Waals surface area contributed by atoms with E-state index in [9.17, 15) is 9.59 Å². The lowest BCUT2D eigenvalue weighted by Gasteiger charge is -2.22. The van der Waals surface area contributed by atoms with Gasteiger partial charge in [-0.2, -0.15) is 0 Å². The number of ether oxygens (including phenoxy) is 2. The minimum Gasteiger partial charge on any atom is -0.454 e. The molecule has 0 radical (unpaired) electrons. The first-order valence-electron chi connectivity index (χ1n) is 9.34. The topological polar surface area (TPSA) is 80.8 Å². The van der Waals surface area contributed by atoms with Crippen LogP contribution < -0.4 is 14.8 Å². The van der Waals surface area contributed by atoms with Crippen molar-refractivity contribution < 1.29 is 19.1 Å². The fourth-order valence-electron chi connectivity index (χ4n) is 3.35. The van der Waals surface area contributed by atoms with Gasteiger partial charge in [0.15, 0.2) is 11.5 Å². The van der Waals surface area contributed by atoms with Crippen LogP contribution in [-0.4, -0.2) is 28.6 Å². The first-order valence-corrected chi connectivity index (χ1v) is 10.2. The maximum Gasteiger partial charge on any atom is 0.325 e. The second kappa shape index (κ2) is 7.09. The maximum atomic E-state index is 13.1. The minimum absolute atomic E-state index is 0.158. The molecule has 7 nitrogen and oxygen atoms in total. The van der Waals surface area contributed by atoms with Crippen molar-refractivity contribution >= 4 is 23.3 Å². The summed E-state index contributed by atoms with van der Waals surface area (Å²) in [5.74, 6) is 1.53. The predicted octanol–water partition coefficient (Wildman–Crippen LogP) is 3.43. The quantitative estimate of drug-likeness (QED) is 0.750. The van der Waals surface area contributed by atoms with Crippen molar-refractivity contribution in [2.24, 2.45) is 5.92 Å². The molecular weight excluding hydrogens is 378 g/mol. The first kappa shape index (κ1) is 18.7. The van der Waals surface area contributed by atoms with Gasteiger partial charge in [-0.25, -0.2) is 9.78 Å². The molecule has 1 atom stereocenters. The van der Waals surface area contributed by atoms with Crippen LogP contribution in [0.3, 0.4) is 0 Å². The molecule has 1 aromatic heterocycles. The van der Waals surface area contributed by atoms with E-state index in [0.29, 0.717) is 23.0 Å². The number of hydrogen-bond donors (Lipinski definition) is 1. The van der Waals surface area contributed by atoms with Gasteiger partial charge in [0.25, 0.3) is 5.91 Å². The molecule has 8 heteroatoms. The van der Waals surface area contributed by atoms with Gasteiger partial charge in [0.1, 0.15) is 5.54 Å². The zero-order chi connectivity index (χ0) is 19.9. The van der Waals surface area contributed by atoms with E-state index in [1.54, 1.807) is 36.5 Å². The van der Waals surface area contributed by atoms with Gasteiger partial charge in [0.2, 0.25) is 6.79 Å². The summed E-state index contributed by atoms with van der Waals surface area (Å²) in [5.41, 5.74) is 0.255. The Morgan fingerprint density at radius 3 is 2.86 bits per heavy atom. The van der Waals surface area contributed by atoms with E-state index in [4.69, 9.17) is 9.47 Å². The van der Waals surface area contributed by atoms with Crippen molar-refractivity contribution in [1.82, 2.24) is 15.2 Å². The van der Waals surface area contributed by atoms with Crippen LogP contribution in [0.25, 0.3) is 0 Å². The minimum atomic E-state index is -1.14. The molecule has 3 amide bonds. The largest absolute Gasteiger partial charge is 0.454 e. The van der Waals surface area contributed by atoms with Crippen molar-refractivity contribution in [1.29, 1.82) is 0 Å².